The summed E-state index contributed by atoms with van der Waals surface area (Å²) in [6.07, 6.45) is -1.07. The summed E-state index contributed by atoms with van der Waals surface area (Å²) in [6, 6.07) is 23.2. The lowest BCUT2D eigenvalue weighted by atomic mass is 9.95. The molecule has 2 atom stereocenters. The molecule has 4 rings (SSSR count). The maximum atomic E-state index is 13.8. The minimum Gasteiger partial charge on any atom is -0.480 e. The number of nitrogens with zero attached hydrogens (tertiary/aromatic N) is 2. The number of halogens is 1. The van der Waals surface area contributed by atoms with Crippen LogP contribution in [0.1, 0.15) is 28.3 Å². The normalized spacial score (nSPS) is 17.6. The summed E-state index contributed by atoms with van der Waals surface area (Å²) in [4.78, 5) is 41.4. The number of carboxylic acids is 1. The van der Waals surface area contributed by atoms with Crippen LogP contribution in [0.4, 0.5) is 0 Å². The van der Waals surface area contributed by atoms with Crippen LogP contribution < -0.4 is 0 Å². The van der Waals surface area contributed by atoms with Crippen LogP contribution in [0.2, 0.25) is 5.02 Å². The molecule has 1 N–H and O–H groups in total. The lowest BCUT2D eigenvalue weighted by Crippen LogP contribution is -2.55. The number of carboxylic acid groups (broad SMARTS) is 1. The minimum atomic E-state index is -1.13. The van der Waals surface area contributed by atoms with Gasteiger partial charge in [-0.1, -0.05) is 83.9 Å². The molecule has 0 unspecified atom stereocenters. The van der Waals surface area contributed by atoms with Crippen LogP contribution in [0.25, 0.3) is 0 Å². The topological polar surface area (TPSA) is 87.1 Å². The van der Waals surface area contributed by atoms with Crippen molar-refractivity contribution in [2.75, 3.05) is 13.2 Å². The van der Waals surface area contributed by atoms with Gasteiger partial charge in [-0.05, 0) is 35.7 Å². The lowest BCUT2D eigenvalue weighted by molar-refractivity contribution is -0.172. The Balaban J connectivity index is 1.69. The predicted molar refractivity (Wildman–Crippen MR) is 135 cm³/mol. The summed E-state index contributed by atoms with van der Waals surface area (Å²) >= 11 is 6.16. The van der Waals surface area contributed by atoms with E-state index in [1.54, 1.807) is 23.1 Å². The third kappa shape index (κ3) is 6.11. The molecule has 0 radical (unpaired) electrons. The summed E-state index contributed by atoms with van der Waals surface area (Å²) in [6.45, 7) is 1.51. The van der Waals surface area contributed by atoms with Crippen molar-refractivity contribution in [3.8, 4) is 0 Å². The van der Waals surface area contributed by atoms with E-state index in [-0.39, 0.29) is 25.6 Å². The molecule has 0 aromatic heterocycles. The molecule has 0 bridgehead atoms. The van der Waals surface area contributed by atoms with Gasteiger partial charge in [0.25, 0.3) is 5.91 Å². The Morgan fingerprint density at radius 1 is 1.03 bits per heavy atom. The third-order valence-electron chi connectivity index (χ3n) is 6.09. The minimum absolute atomic E-state index is 0.106. The number of hydrogen-bond acceptors (Lipinski definition) is 4. The second kappa shape index (κ2) is 11.4. The van der Waals surface area contributed by atoms with Crippen molar-refractivity contribution in [1.82, 2.24) is 9.80 Å². The van der Waals surface area contributed by atoms with E-state index in [4.69, 9.17) is 16.3 Å². The quantitative estimate of drug-likeness (QED) is 0.494. The Labute approximate surface area is 214 Å². The van der Waals surface area contributed by atoms with Gasteiger partial charge < -0.3 is 19.6 Å². The van der Waals surface area contributed by atoms with Crippen molar-refractivity contribution in [1.29, 1.82) is 0 Å². The van der Waals surface area contributed by atoms with Crippen LogP contribution in [-0.4, -0.2) is 51.9 Å². The second-order valence-electron chi connectivity index (χ2n) is 8.81. The second-order valence-corrected chi connectivity index (χ2v) is 9.25. The van der Waals surface area contributed by atoms with Crippen LogP contribution in [0.3, 0.4) is 0 Å². The van der Waals surface area contributed by atoms with Gasteiger partial charge in [0.05, 0.1) is 6.04 Å². The van der Waals surface area contributed by atoms with Gasteiger partial charge in [-0.15, -0.1) is 0 Å². The number of benzene rings is 3. The zero-order chi connectivity index (χ0) is 25.7. The Hall–Kier alpha value is -3.68. The summed E-state index contributed by atoms with van der Waals surface area (Å²) in [5.41, 5.74) is 3.39. The first-order valence-electron chi connectivity index (χ1n) is 11.6. The standard InChI is InChI=1S/C28H27ClN2O5/c1-19-10-12-20(13-11-19)15-30(17-25(33)34)28(35)27-26(22-7-3-2-4-8-22)31(24(32)18-36-27)16-21-6-5-9-23(29)14-21/h2-14,26-27H,15-18H2,1H3,(H,33,34)/t26-,27-/m1/s1. The smallest absolute Gasteiger partial charge is 0.323 e. The molecule has 1 aliphatic heterocycles. The molecule has 186 valence electrons. The highest BCUT2D eigenvalue weighted by Gasteiger charge is 2.43. The van der Waals surface area contributed by atoms with Gasteiger partial charge in [0, 0.05) is 18.1 Å². The fraction of sp³-hybridized carbons (Fsp3) is 0.250. The number of carbonyl (C=O) groups excluding carboxylic acids is 2. The summed E-state index contributed by atoms with van der Waals surface area (Å²) in [7, 11) is 0. The first-order valence-corrected chi connectivity index (χ1v) is 12.0. The van der Waals surface area contributed by atoms with Crippen molar-refractivity contribution >= 4 is 29.4 Å². The lowest BCUT2D eigenvalue weighted by Gasteiger charge is -2.42. The van der Waals surface area contributed by atoms with Crippen LogP contribution in [0.5, 0.6) is 0 Å². The monoisotopic (exact) mass is 506 g/mol. The van der Waals surface area contributed by atoms with Gasteiger partial charge in [-0.25, -0.2) is 0 Å². The van der Waals surface area contributed by atoms with Gasteiger partial charge in [-0.2, -0.15) is 0 Å². The highest BCUT2D eigenvalue weighted by molar-refractivity contribution is 6.30. The fourth-order valence-electron chi connectivity index (χ4n) is 4.35. The van der Waals surface area contributed by atoms with Gasteiger partial charge in [0.15, 0.2) is 6.10 Å². The van der Waals surface area contributed by atoms with Crippen molar-refractivity contribution in [2.45, 2.75) is 32.2 Å². The van der Waals surface area contributed by atoms with Gasteiger partial charge in [-0.3, -0.25) is 14.4 Å². The van der Waals surface area contributed by atoms with E-state index < -0.39 is 30.6 Å². The van der Waals surface area contributed by atoms with E-state index >= 15 is 0 Å². The summed E-state index contributed by atoms with van der Waals surface area (Å²) < 4.78 is 5.83. The Morgan fingerprint density at radius 3 is 2.42 bits per heavy atom. The SMILES string of the molecule is Cc1ccc(CN(CC(=O)O)C(=O)[C@@H]2OCC(=O)N(Cc3cccc(Cl)c3)[C@@H]2c2ccccc2)cc1. The molecule has 1 saturated heterocycles. The molecule has 0 saturated carbocycles. The molecule has 1 aliphatic rings. The van der Waals surface area contributed by atoms with Crippen molar-refractivity contribution in [3.05, 3.63) is 106 Å². The maximum absolute atomic E-state index is 13.8. The van der Waals surface area contributed by atoms with Crippen LogP contribution in [-0.2, 0) is 32.2 Å². The maximum Gasteiger partial charge on any atom is 0.323 e. The number of morpholine rings is 1. The zero-order valence-electron chi connectivity index (χ0n) is 19.8. The molecule has 3 aromatic rings. The first-order chi connectivity index (χ1) is 17.3. The molecular weight excluding hydrogens is 480 g/mol. The van der Waals surface area contributed by atoms with E-state index in [9.17, 15) is 19.5 Å². The molecule has 2 amide bonds. The Morgan fingerprint density at radius 2 is 1.75 bits per heavy atom. The number of ether oxygens (including phenoxy) is 1. The first kappa shape index (κ1) is 25.4. The molecule has 8 heteroatoms. The highest BCUT2D eigenvalue weighted by Crippen LogP contribution is 2.33. The van der Waals surface area contributed by atoms with E-state index in [1.807, 2.05) is 67.6 Å². The zero-order valence-corrected chi connectivity index (χ0v) is 20.6. The third-order valence-corrected chi connectivity index (χ3v) is 6.32. The van der Waals surface area contributed by atoms with Gasteiger partial charge >= 0.3 is 5.97 Å². The number of aliphatic carboxylic acids is 1. The van der Waals surface area contributed by atoms with E-state index in [0.717, 1.165) is 22.3 Å². The highest BCUT2D eigenvalue weighted by atomic mass is 35.5. The Kier molecular flexibility index (Phi) is 8.03. The number of aryl methyl sites for hydroxylation is 1. The summed E-state index contributed by atoms with van der Waals surface area (Å²) in [5, 5.41) is 10.1. The molecule has 7 nitrogen and oxygen atoms in total. The van der Waals surface area contributed by atoms with Gasteiger partial charge in [0.2, 0.25) is 5.91 Å². The van der Waals surface area contributed by atoms with Gasteiger partial charge in [0.1, 0.15) is 13.2 Å². The number of hydrogen-bond donors (Lipinski definition) is 1. The molecule has 3 aromatic carbocycles. The van der Waals surface area contributed by atoms with Crippen LogP contribution in [0.15, 0.2) is 78.9 Å². The summed E-state index contributed by atoms with van der Waals surface area (Å²) in [5.74, 6) is -1.89. The molecule has 1 heterocycles. The average Bonchev–Trinajstić information content (AvgIpc) is 2.86. The molecule has 0 aliphatic carbocycles. The fourth-order valence-corrected chi connectivity index (χ4v) is 4.57. The average molecular weight is 507 g/mol. The van der Waals surface area contributed by atoms with E-state index in [1.165, 1.54) is 4.90 Å². The molecular formula is C28H27ClN2O5. The van der Waals surface area contributed by atoms with Crippen molar-refractivity contribution < 1.29 is 24.2 Å². The van der Waals surface area contributed by atoms with Crippen LogP contribution >= 0.6 is 11.6 Å². The molecule has 1 fully saturated rings. The van der Waals surface area contributed by atoms with Crippen molar-refractivity contribution in [3.63, 3.8) is 0 Å². The Bertz CT molecular complexity index is 1230. The molecule has 0 spiro atoms. The van der Waals surface area contributed by atoms with Crippen molar-refractivity contribution in [2.24, 2.45) is 0 Å². The van der Waals surface area contributed by atoms with E-state index in [0.29, 0.717) is 5.02 Å². The van der Waals surface area contributed by atoms with Crippen LogP contribution in [0, 0.1) is 6.92 Å². The number of rotatable bonds is 8. The largest absolute Gasteiger partial charge is 0.480 e. The molecule has 36 heavy (non-hydrogen) atoms. The predicted octanol–water partition coefficient (Wildman–Crippen LogP) is 4.23. The number of amides is 2. The van der Waals surface area contributed by atoms with E-state index in [2.05, 4.69) is 0 Å². The number of carbonyl (C=O) groups is 3.